The third-order valence-electron chi connectivity index (χ3n) is 13.7. The van der Waals surface area contributed by atoms with Crippen molar-refractivity contribution in [3.8, 4) is 0 Å². The molecule has 1 aromatic carbocycles. The number of ether oxygens (including phenoxy) is 8. The van der Waals surface area contributed by atoms with E-state index < -0.39 is 112 Å². The van der Waals surface area contributed by atoms with Gasteiger partial charge in [0.2, 0.25) is 0 Å². The number of methoxy groups -OCH3 is 4. The lowest BCUT2D eigenvalue weighted by atomic mass is 9.42. The van der Waals surface area contributed by atoms with Crippen molar-refractivity contribution in [3.05, 3.63) is 35.9 Å². The minimum atomic E-state index is -1.77. The molecule has 286 valence electrons. The average molecular weight is 730 g/mol. The van der Waals surface area contributed by atoms with Crippen LogP contribution >= 0.6 is 0 Å². The van der Waals surface area contributed by atoms with Crippen molar-refractivity contribution in [3.63, 3.8) is 0 Å². The molecule has 1 N–H and O–H groups in total. The van der Waals surface area contributed by atoms with Crippen LogP contribution in [0.5, 0.6) is 0 Å². The van der Waals surface area contributed by atoms with Crippen LogP contribution in [0.1, 0.15) is 50.9 Å². The van der Waals surface area contributed by atoms with Crippen LogP contribution in [0.2, 0.25) is 0 Å². The molecule has 7 bridgehead atoms. The van der Waals surface area contributed by atoms with E-state index in [-0.39, 0.29) is 18.6 Å². The molecule has 1 heterocycles. The number of carbonyl (C=O) groups is 4. The molecule has 5 saturated carbocycles. The molecule has 1 aromatic rings. The lowest BCUT2D eigenvalue weighted by Gasteiger charge is -2.70. The first-order valence-electron chi connectivity index (χ1n) is 18.1. The Balaban J connectivity index is 1.57. The number of carbonyl (C=O) groups excluding carboxylic acids is 4. The molecule has 0 amide bonds. The zero-order chi connectivity index (χ0) is 37.5. The summed E-state index contributed by atoms with van der Waals surface area (Å²) in [6, 6.07) is 8.05. The van der Waals surface area contributed by atoms with Crippen molar-refractivity contribution in [2.75, 3.05) is 48.1 Å². The number of rotatable bonds is 11. The molecule has 6 aliphatic rings. The molecule has 14 nitrogen and oxygen atoms in total. The zero-order valence-corrected chi connectivity index (χ0v) is 31.1. The van der Waals surface area contributed by atoms with Gasteiger partial charge in [-0.25, -0.2) is 4.79 Å². The fourth-order valence-corrected chi connectivity index (χ4v) is 13.1. The SMILES string of the molecule is CCN1C[C@]2(COC)[C@H]3[C@@H](OC)[C@H]4[C@@H]1[C@]3([C@@H](OC)C[C@H]2OC(C)=O)[C@@H]1C[C@@]2(OC(C)=O)[C@H](OC(=O)c3ccccc3)[C@H]1[C@@]4(OC(C)=O)[C@@H](O)[C@@H]2OC. The molecule has 5 aliphatic carbocycles. The van der Waals surface area contributed by atoms with Crippen molar-refractivity contribution in [1.82, 2.24) is 4.90 Å². The Kier molecular flexibility index (Phi) is 9.31. The van der Waals surface area contributed by atoms with Gasteiger partial charge in [0.05, 0.1) is 24.4 Å². The van der Waals surface area contributed by atoms with Crippen LogP contribution in [-0.2, 0) is 52.3 Å². The maximum atomic E-state index is 14.1. The first-order chi connectivity index (χ1) is 24.8. The highest BCUT2D eigenvalue weighted by Gasteiger charge is 2.93. The summed E-state index contributed by atoms with van der Waals surface area (Å²) in [6.07, 6.45) is -5.57. The van der Waals surface area contributed by atoms with Gasteiger partial charge < -0.3 is 43.0 Å². The maximum absolute atomic E-state index is 14.1. The van der Waals surface area contributed by atoms with E-state index >= 15 is 0 Å². The van der Waals surface area contributed by atoms with Gasteiger partial charge in [-0.05, 0) is 31.0 Å². The van der Waals surface area contributed by atoms with Crippen molar-refractivity contribution < 1.29 is 62.2 Å². The van der Waals surface area contributed by atoms with E-state index in [4.69, 9.17) is 37.9 Å². The molecule has 0 radical (unpaired) electrons. The molecule has 15 atom stereocenters. The number of fused-ring (bicyclic) bond motifs is 2. The van der Waals surface area contributed by atoms with Gasteiger partial charge in [0.15, 0.2) is 17.3 Å². The standard InChI is InChI=1S/C38H51NO13/c1-9-39-17-35(18-45-5)24(49-19(2)40)15-25(46-6)37-23-16-36(51-20(3)41)32(50-34(44)22-13-11-10-12-14-22)26(23)38(52-21(4)42,31(43)33(36)48-8)27(30(37)39)28(47-7)29(35)37/h10-14,23-33,43H,9,15-18H2,1-8H3/t23-,24-,25+,26+,27+,28+,29-,30-,31+,32-,33+,35-,36-,37+,38+/m1/s1. The summed E-state index contributed by atoms with van der Waals surface area (Å²) in [5, 5.41) is 12.9. The van der Waals surface area contributed by atoms with E-state index in [1.54, 1.807) is 51.7 Å². The van der Waals surface area contributed by atoms with Gasteiger partial charge in [0.1, 0.15) is 18.3 Å². The molecule has 0 unspecified atom stereocenters. The Morgan fingerprint density at radius 3 is 2.10 bits per heavy atom. The third-order valence-corrected chi connectivity index (χ3v) is 13.7. The highest BCUT2D eigenvalue weighted by Crippen LogP contribution is 2.81. The largest absolute Gasteiger partial charge is 0.462 e. The number of aliphatic hydroxyl groups excluding tert-OH is 1. The number of benzene rings is 1. The Morgan fingerprint density at radius 2 is 1.54 bits per heavy atom. The van der Waals surface area contributed by atoms with Gasteiger partial charge in [-0.2, -0.15) is 0 Å². The third kappa shape index (κ3) is 4.57. The van der Waals surface area contributed by atoms with E-state index in [1.165, 1.54) is 27.9 Å². The van der Waals surface area contributed by atoms with Crippen LogP contribution in [0.25, 0.3) is 0 Å². The van der Waals surface area contributed by atoms with Gasteiger partial charge >= 0.3 is 23.9 Å². The number of hydrogen-bond donors (Lipinski definition) is 1. The van der Waals surface area contributed by atoms with E-state index in [0.29, 0.717) is 19.5 Å². The number of aliphatic hydroxyl groups is 1. The molecule has 6 fully saturated rings. The van der Waals surface area contributed by atoms with E-state index in [9.17, 15) is 24.3 Å². The normalized spacial score (nSPS) is 45.2. The van der Waals surface area contributed by atoms with Crippen molar-refractivity contribution in [2.45, 2.75) is 94.4 Å². The summed E-state index contributed by atoms with van der Waals surface area (Å²) < 4.78 is 50.8. The van der Waals surface area contributed by atoms with Crippen molar-refractivity contribution >= 4 is 23.9 Å². The lowest BCUT2D eigenvalue weighted by molar-refractivity contribution is -0.323. The second kappa shape index (κ2) is 13.0. The average Bonchev–Trinajstić information content (AvgIpc) is 3.49. The summed E-state index contributed by atoms with van der Waals surface area (Å²) in [5.41, 5.74) is -4.89. The van der Waals surface area contributed by atoms with Crippen molar-refractivity contribution in [2.24, 2.45) is 34.5 Å². The van der Waals surface area contributed by atoms with E-state index in [0.717, 1.165) is 0 Å². The molecule has 7 rings (SSSR count). The quantitative estimate of drug-likeness (QED) is 0.259. The van der Waals surface area contributed by atoms with Crippen LogP contribution in [0.3, 0.4) is 0 Å². The minimum Gasteiger partial charge on any atom is -0.462 e. The highest BCUT2D eigenvalue weighted by molar-refractivity contribution is 5.89. The Morgan fingerprint density at radius 1 is 0.846 bits per heavy atom. The summed E-state index contributed by atoms with van der Waals surface area (Å²) >= 11 is 0. The smallest absolute Gasteiger partial charge is 0.338 e. The molecular formula is C38H51NO13. The molecule has 1 aliphatic heterocycles. The minimum absolute atomic E-state index is 0.0808. The molecule has 1 spiro atoms. The Hall–Kier alpha value is -3.14. The second-order valence-corrected chi connectivity index (χ2v) is 15.6. The van der Waals surface area contributed by atoms with Crippen LogP contribution in [0, 0.1) is 34.5 Å². The highest BCUT2D eigenvalue weighted by atomic mass is 16.6. The number of nitrogens with zero attached hydrogens (tertiary/aromatic N) is 1. The van der Waals surface area contributed by atoms with Crippen LogP contribution in [0.15, 0.2) is 30.3 Å². The predicted octanol–water partition coefficient (Wildman–Crippen LogP) is 1.79. The Labute approximate surface area is 303 Å². The predicted molar refractivity (Wildman–Crippen MR) is 180 cm³/mol. The van der Waals surface area contributed by atoms with Crippen molar-refractivity contribution in [1.29, 1.82) is 0 Å². The summed E-state index contributed by atoms with van der Waals surface area (Å²) in [4.78, 5) is 55.9. The van der Waals surface area contributed by atoms with Crippen LogP contribution in [-0.4, -0.2) is 136 Å². The zero-order valence-electron chi connectivity index (χ0n) is 31.1. The van der Waals surface area contributed by atoms with E-state index in [2.05, 4.69) is 4.90 Å². The van der Waals surface area contributed by atoms with Gasteiger partial charge in [0, 0.05) is 96.8 Å². The summed E-state index contributed by atoms with van der Waals surface area (Å²) in [6.45, 7) is 7.17. The molecule has 14 heteroatoms. The van der Waals surface area contributed by atoms with Gasteiger partial charge in [0.25, 0.3) is 0 Å². The number of esters is 4. The number of likely N-dealkylation sites (tertiary alicyclic amines) is 1. The first-order valence-corrected chi connectivity index (χ1v) is 18.1. The maximum Gasteiger partial charge on any atom is 0.338 e. The fourth-order valence-electron chi connectivity index (χ4n) is 13.1. The van der Waals surface area contributed by atoms with Gasteiger partial charge in [-0.15, -0.1) is 0 Å². The first kappa shape index (κ1) is 37.2. The number of piperidine rings is 1. The van der Waals surface area contributed by atoms with E-state index in [1.807, 2.05) is 6.92 Å². The molecule has 52 heavy (non-hydrogen) atoms. The fraction of sp³-hybridized carbons (Fsp3) is 0.737. The Bertz CT molecular complexity index is 1590. The van der Waals surface area contributed by atoms with Gasteiger partial charge in [-0.1, -0.05) is 25.1 Å². The summed E-state index contributed by atoms with van der Waals surface area (Å²) in [7, 11) is 6.24. The molecule has 0 aromatic heterocycles. The topological polar surface area (TPSA) is 166 Å². The summed E-state index contributed by atoms with van der Waals surface area (Å²) in [5.74, 6) is -5.09. The number of hydrogen-bond acceptors (Lipinski definition) is 14. The van der Waals surface area contributed by atoms with Crippen LogP contribution in [0.4, 0.5) is 0 Å². The molecule has 1 saturated heterocycles. The van der Waals surface area contributed by atoms with Gasteiger partial charge in [-0.3, -0.25) is 19.3 Å². The monoisotopic (exact) mass is 729 g/mol. The lowest BCUT2D eigenvalue weighted by Crippen LogP contribution is -2.82. The molecular weight excluding hydrogens is 678 g/mol. The van der Waals surface area contributed by atoms with Crippen LogP contribution < -0.4 is 0 Å². The second-order valence-electron chi connectivity index (χ2n) is 15.6.